The van der Waals surface area contributed by atoms with Gasteiger partial charge in [-0.2, -0.15) is 0 Å². The number of alkyl halides is 1. The van der Waals surface area contributed by atoms with Crippen LogP contribution in [0.4, 0.5) is 21.7 Å². The molecule has 1 amide bonds. The maximum atomic E-state index is 13.6. The number of anilines is 3. The minimum absolute atomic E-state index is 0.224. The molecule has 2 aromatic heterocycles. The standard InChI is InChI=1S/C17H17FN6O2/c1-9-6-11(22-13-7-12(19)20-8-21-13)16(26)24-14(9)15(25)23-17(24)4-2-10(18)3-5-17/h2,4,6-8,10H,3,5H2,1H3,(H,23,25)(H3,19,20,21,22). The summed E-state index contributed by atoms with van der Waals surface area (Å²) in [5.41, 5.74) is 5.35. The number of nitrogens with two attached hydrogens (primary N) is 1. The number of halogens is 1. The molecule has 0 bridgehead atoms. The van der Waals surface area contributed by atoms with Crippen LogP contribution in [0.3, 0.4) is 0 Å². The molecule has 2 unspecified atom stereocenters. The van der Waals surface area contributed by atoms with Crippen molar-refractivity contribution in [2.75, 3.05) is 11.1 Å². The number of amides is 1. The minimum Gasteiger partial charge on any atom is -0.384 e. The number of nitrogen functional groups attached to an aromatic ring is 1. The van der Waals surface area contributed by atoms with E-state index in [1.807, 2.05) is 0 Å². The zero-order chi connectivity index (χ0) is 18.5. The Bertz CT molecular complexity index is 1000. The highest BCUT2D eigenvalue weighted by Gasteiger charge is 2.44. The lowest BCUT2D eigenvalue weighted by Crippen LogP contribution is -2.47. The van der Waals surface area contributed by atoms with Crippen LogP contribution in [0.1, 0.15) is 28.9 Å². The molecule has 1 spiro atoms. The van der Waals surface area contributed by atoms with Gasteiger partial charge in [-0.3, -0.25) is 14.2 Å². The van der Waals surface area contributed by atoms with E-state index >= 15 is 0 Å². The van der Waals surface area contributed by atoms with Gasteiger partial charge < -0.3 is 16.4 Å². The van der Waals surface area contributed by atoms with Gasteiger partial charge in [0.05, 0.1) is 0 Å². The van der Waals surface area contributed by atoms with Gasteiger partial charge in [0.25, 0.3) is 11.5 Å². The van der Waals surface area contributed by atoms with Crippen molar-refractivity contribution < 1.29 is 9.18 Å². The zero-order valence-electron chi connectivity index (χ0n) is 14.0. The van der Waals surface area contributed by atoms with Gasteiger partial charge in [0, 0.05) is 6.07 Å². The van der Waals surface area contributed by atoms with Gasteiger partial charge in [0.2, 0.25) is 0 Å². The van der Waals surface area contributed by atoms with Crippen LogP contribution in [0.2, 0.25) is 0 Å². The summed E-state index contributed by atoms with van der Waals surface area (Å²) in [6.45, 7) is 1.74. The minimum atomic E-state index is -1.08. The van der Waals surface area contributed by atoms with E-state index in [2.05, 4.69) is 20.6 Å². The van der Waals surface area contributed by atoms with Crippen LogP contribution in [0, 0.1) is 6.92 Å². The molecule has 0 saturated heterocycles. The second-order valence-electron chi connectivity index (χ2n) is 6.48. The third-order valence-corrected chi connectivity index (χ3v) is 4.67. The maximum absolute atomic E-state index is 13.6. The highest BCUT2D eigenvalue weighted by molar-refractivity contribution is 5.97. The van der Waals surface area contributed by atoms with Crippen molar-refractivity contribution in [3.8, 4) is 0 Å². The van der Waals surface area contributed by atoms with Gasteiger partial charge in [0.15, 0.2) is 0 Å². The number of carbonyl (C=O) groups is 1. The number of pyridine rings is 1. The van der Waals surface area contributed by atoms with E-state index < -0.39 is 17.4 Å². The highest BCUT2D eigenvalue weighted by atomic mass is 19.1. The summed E-state index contributed by atoms with van der Waals surface area (Å²) in [5, 5.41) is 5.76. The second kappa shape index (κ2) is 5.65. The Labute approximate surface area is 148 Å². The number of nitrogens with one attached hydrogen (secondary N) is 2. The van der Waals surface area contributed by atoms with Crippen molar-refractivity contribution in [1.82, 2.24) is 19.9 Å². The first-order valence-electron chi connectivity index (χ1n) is 8.17. The Balaban J connectivity index is 1.86. The van der Waals surface area contributed by atoms with Crippen molar-refractivity contribution in [3.63, 3.8) is 0 Å². The summed E-state index contributed by atoms with van der Waals surface area (Å²) in [7, 11) is 0. The molecular weight excluding hydrogens is 339 g/mol. The van der Waals surface area contributed by atoms with Crippen LogP contribution < -0.4 is 21.9 Å². The molecule has 2 aliphatic rings. The number of aromatic nitrogens is 3. The van der Waals surface area contributed by atoms with E-state index in [1.54, 1.807) is 19.1 Å². The first-order valence-corrected chi connectivity index (χ1v) is 8.17. The molecule has 26 heavy (non-hydrogen) atoms. The van der Waals surface area contributed by atoms with E-state index in [4.69, 9.17) is 5.73 Å². The Morgan fingerprint density at radius 1 is 1.38 bits per heavy atom. The zero-order valence-corrected chi connectivity index (χ0v) is 14.0. The molecule has 1 aliphatic heterocycles. The van der Waals surface area contributed by atoms with E-state index in [1.165, 1.54) is 23.0 Å². The molecule has 4 N–H and O–H groups in total. The van der Waals surface area contributed by atoms with Crippen LogP contribution in [-0.4, -0.2) is 26.6 Å². The molecule has 0 aromatic carbocycles. The molecule has 0 fully saturated rings. The Kier molecular flexibility index (Phi) is 3.53. The number of aryl methyl sites for hydroxylation is 1. The summed E-state index contributed by atoms with van der Waals surface area (Å²) in [6.07, 6.45) is 3.67. The number of hydrogen-bond donors (Lipinski definition) is 3. The van der Waals surface area contributed by atoms with Crippen molar-refractivity contribution in [2.24, 2.45) is 0 Å². The van der Waals surface area contributed by atoms with Crippen LogP contribution in [0.5, 0.6) is 0 Å². The smallest absolute Gasteiger partial charge is 0.277 e. The molecule has 1 aliphatic carbocycles. The highest BCUT2D eigenvalue weighted by Crippen LogP contribution is 2.34. The van der Waals surface area contributed by atoms with Crippen LogP contribution in [0.15, 0.2) is 35.4 Å². The van der Waals surface area contributed by atoms with Crippen LogP contribution in [-0.2, 0) is 5.66 Å². The molecule has 2 atom stereocenters. The fraction of sp³-hybridized carbons (Fsp3) is 0.294. The van der Waals surface area contributed by atoms with E-state index in [-0.39, 0.29) is 29.5 Å². The SMILES string of the molecule is Cc1cc(Nc2cc(N)ncn2)c(=O)n2c1C(=O)NC21C=CC(F)CC1. The largest absolute Gasteiger partial charge is 0.384 e. The summed E-state index contributed by atoms with van der Waals surface area (Å²) in [4.78, 5) is 33.4. The average Bonchev–Trinajstić information content (AvgIpc) is 2.88. The number of hydrogen-bond acceptors (Lipinski definition) is 6. The predicted molar refractivity (Wildman–Crippen MR) is 93.9 cm³/mol. The summed E-state index contributed by atoms with van der Waals surface area (Å²) in [5.74, 6) is 0.279. The number of carbonyl (C=O) groups excluding carboxylic acids is 1. The second-order valence-corrected chi connectivity index (χ2v) is 6.48. The molecule has 2 aromatic rings. The summed E-state index contributed by atoms with van der Waals surface area (Å²) in [6, 6.07) is 3.09. The molecule has 8 nitrogen and oxygen atoms in total. The van der Waals surface area contributed by atoms with Crippen molar-refractivity contribution in [1.29, 1.82) is 0 Å². The Hall–Kier alpha value is -3.23. The maximum Gasteiger partial charge on any atom is 0.277 e. The predicted octanol–water partition coefficient (Wildman–Crippen LogP) is 1.36. The first-order chi connectivity index (χ1) is 12.4. The van der Waals surface area contributed by atoms with Crippen LogP contribution in [0.25, 0.3) is 0 Å². The van der Waals surface area contributed by atoms with Gasteiger partial charge in [-0.05, 0) is 37.5 Å². The lowest BCUT2D eigenvalue weighted by Gasteiger charge is -2.32. The number of allylic oxidation sites excluding steroid dienone is 1. The van der Waals surface area contributed by atoms with Gasteiger partial charge in [-0.15, -0.1) is 0 Å². The lowest BCUT2D eigenvalue weighted by molar-refractivity contribution is 0.0926. The third kappa shape index (κ3) is 2.43. The number of nitrogens with zero attached hydrogens (tertiary/aromatic N) is 3. The first kappa shape index (κ1) is 16.2. The molecule has 0 saturated carbocycles. The molecule has 9 heteroatoms. The normalized spacial score (nSPS) is 23.8. The van der Waals surface area contributed by atoms with Gasteiger partial charge in [-0.25, -0.2) is 14.4 Å². The molecular formula is C17H17FN6O2. The monoisotopic (exact) mass is 356 g/mol. The number of fused-ring (bicyclic) bond motifs is 2. The fourth-order valence-corrected chi connectivity index (χ4v) is 3.48. The molecule has 0 radical (unpaired) electrons. The topological polar surface area (TPSA) is 115 Å². The molecule has 4 rings (SSSR count). The number of rotatable bonds is 2. The Morgan fingerprint density at radius 3 is 2.88 bits per heavy atom. The quantitative estimate of drug-likeness (QED) is 0.700. The average molecular weight is 356 g/mol. The van der Waals surface area contributed by atoms with Crippen LogP contribution >= 0.6 is 0 Å². The van der Waals surface area contributed by atoms with Gasteiger partial charge in [-0.1, -0.05) is 6.08 Å². The van der Waals surface area contributed by atoms with Gasteiger partial charge in [0.1, 0.15) is 41.2 Å². The van der Waals surface area contributed by atoms with Gasteiger partial charge >= 0.3 is 0 Å². The van der Waals surface area contributed by atoms with Crippen molar-refractivity contribution >= 4 is 23.2 Å². The van der Waals surface area contributed by atoms with Crippen molar-refractivity contribution in [2.45, 2.75) is 31.6 Å². The van der Waals surface area contributed by atoms with Crippen molar-refractivity contribution in [3.05, 3.63) is 52.2 Å². The molecule has 3 heterocycles. The summed E-state index contributed by atoms with van der Waals surface area (Å²) >= 11 is 0. The summed E-state index contributed by atoms with van der Waals surface area (Å²) < 4.78 is 15.0. The van der Waals surface area contributed by atoms with E-state index in [0.29, 0.717) is 17.8 Å². The molecule has 134 valence electrons. The Morgan fingerprint density at radius 2 is 2.19 bits per heavy atom. The third-order valence-electron chi connectivity index (χ3n) is 4.67. The fourth-order valence-electron chi connectivity index (χ4n) is 3.48. The van der Waals surface area contributed by atoms with E-state index in [9.17, 15) is 14.0 Å². The lowest BCUT2D eigenvalue weighted by atomic mass is 9.95. The van der Waals surface area contributed by atoms with E-state index in [0.717, 1.165) is 0 Å².